The lowest BCUT2D eigenvalue weighted by Crippen LogP contribution is -2.54. The van der Waals surface area contributed by atoms with Crippen LogP contribution in [-0.4, -0.2) is 56.8 Å². The summed E-state index contributed by atoms with van der Waals surface area (Å²) in [5, 5.41) is 6.49. The highest BCUT2D eigenvalue weighted by atomic mass is 35.5. The molecule has 2 unspecified atom stereocenters. The molecule has 2 aromatic rings. The van der Waals surface area contributed by atoms with Crippen LogP contribution in [0.5, 0.6) is 5.75 Å². The molecule has 3 amide bonds. The number of amides is 3. The Balaban J connectivity index is 1.73. The minimum Gasteiger partial charge on any atom is -0.497 e. The van der Waals surface area contributed by atoms with Crippen molar-refractivity contribution in [2.24, 2.45) is 0 Å². The van der Waals surface area contributed by atoms with Crippen LogP contribution in [0.1, 0.15) is 24.3 Å². The molecule has 0 saturated carbocycles. The number of piperidine rings is 1. The third kappa shape index (κ3) is 6.35. The van der Waals surface area contributed by atoms with E-state index in [1.54, 1.807) is 43.4 Å². The second-order valence-electron chi connectivity index (χ2n) is 7.46. The Morgan fingerprint density at radius 3 is 2.45 bits per heavy atom. The van der Waals surface area contributed by atoms with Crippen LogP contribution < -0.4 is 15.4 Å². The number of rotatable bonds is 7. The van der Waals surface area contributed by atoms with Gasteiger partial charge in [0, 0.05) is 36.8 Å². The van der Waals surface area contributed by atoms with Gasteiger partial charge in [0.1, 0.15) is 5.75 Å². The molecule has 2 N–H and O–H groups in total. The molecule has 31 heavy (non-hydrogen) atoms. The third-order valence-electron chi connectivity index (χ3n) is 5.45. The first kappa shape index (κ1) is 22.9. The fourth-order valence-electron chi connectivity index (χ4n) is 3.79. The van der Waals surface area contributed by atoms with E-state index in [9.17, 15) is 9.59 Å². The van der Waals surface area contributed by atoms with Crippen LogP contribution in [0.4, 0.5) is 10.5 Å². The Labute approximate surface area is 187 Å². The number of urea groups is 1. The molecule has 1 aliphatic heterocycles. The first-order valence-electron chi connectivity index (χ1n) is 10.2. The number of carbonyl (C=O) groups excluding carboxylic acids is 2. The fraction of sp³-hybridized carbons (Fsp3) is 0.391. The van der Waals surface area contributed by atoms with Gasteiger partial charge in [-0.15, -0.1) is 0 Å². The number of anilines is 1. The normalized spacial score (nSPS) is 18.4. The summed E-state index contributed by atoms with van der Waals surface area (Å²) in [5.41, 5.74) is 1.74. The Morgan fingerprint density at radius 1 is 1.10 bits per heavy atom. The summed E-state index contributed by atoms with van der Waals surface area (Å²) >= 11 is 5.91. The zero-order chi connectivity index (χ0) is 22.2. The van der Waals surface area contributed by atoms with E-state index < -0.39 is 0 Å². The molecule has 2 atom stereocenters. The van der Waals surface area contributed by atoms with E-state index in [0.29, 0.717) is 36.8 Å². The topological polar surface area (TPSA) is 79.9 Å². The Kier molecular flexibility index (Phi) is 8.14. The summed E-state index contributed by atoms with van der Waals surface area (Å²) in [6.07, 6.45) is 1.07. The van der Waals surface area contributed by atoms with E-state index in [1.807, 2.05) is 24.3 Å². The lowest BCUT2D eigenvalue weighted by molar-refractivity contribution is -0.133. The molecule has 2 aromatic carbocycles. The predicted octanol–water partition coefficient (Wildman–Crippen LogP) is 3.89. The molecule has 0 spiro atoms. The number of nitrogens with one attached hydrogen (secondary N) is 2. The summed E-state index contributed by atoms with van der Waals surface area (Å²) in [6.45, 7) is 1.45. The van der Waals surface area contributed by atoms with Gasteiger partial charge in [0.05, 0.1) is 26.2 Å². The number of methoxy groups -OCH3 is 2. The largest absolute Gasteiger partial charge is 0.497 e. The van der Waals surface area contributed by atoms with Gasteiger partial charge in [0.25, 0.3) is 0 Å². The van der Waals surface area contributed by atoms with Crippen molar-refractivity contribution >= 4 is 29.2 Å². The fourth-order valence-corrected chi connectivity index (χ4v) is 3.92. The van der Waals surface area contributed by atoms with E-state index in [-0.39, 0.29) is 23.9 Å². The molecule has 1 saturated heterocycles. The second kappa shape index (κ2) is 11.0. The number of benzene rings is 2. The van der Waals surface area contributed by atoms with E-state index in [0.717, 1.165) is 17.7 Å². The van der Waals surface area contributed by atoms with Crippen molar-refractivity contribution in [2.45, 2.75) is 24.8 Å². The Hall–Kier alpha value is -2.77. The maximum atomic E-state index is 12.7. The number of nitrogens with zero attached hydrogens (tertiary/aromatic N) is 1. The smallest absolute Gasteiger partial charge is 0.319 e. The molecule has 3 rings (SSSR count). The van der Waals surface area contributed by atoms with Crippen LogP contribution in [-0.2, 0) is 9.53 Å². The Bertz CT molecular complexity index is 873. The van der Waals surface area contributed by atoms with Crippen molar-refractivity contribution in [1.82, 2.24) is 10.2 Å². The number of hydrogen-bond acceptors (Lipinski definition) is 4. The summed E-state index contributed by atoms with van der Waals surface area (Å²) in [4.78, 5) is 27.0. The average molecular weight is 446 g/mol. The number of carbonyl (C=O) groups is 2. The minimum absolute atomic E-state index is 0.0277. The molecule has 0 aliphatic carbocycles. The first-order chi connectivity index (χ1) is 15.0. The first-order valence-corrected chi connectivity index (χ1v) is 10.6. The van der Waals surface area contributed by atoms with Crippen molar-refractivity contribution < 1.29 is 19.1 Å². The zero-order valence-corrected chi connectivity index (χ0v) is 18.5. The van der Waals surface area contributed by atoms with E-state index in [1.165, 1.54) is 0 Å². The molecule has 1 aliphatic rings. The number of hydrogen-bond donors (Lipinski definition) is 2. The highest BCUT2D eigenvalue weighted by molar-refractivity contribution is 6.30. The van der Waals surface area contributed by atoms with Gasteiger partial charge in [-0.25, -0.2) is 4.79 Å². The zero-order valence-electron chi connectivity index (χ0n) is 17.8. The van der Waals surface area contributed by atoms with Crippen LogP contribution in [0.15, 0.2) is 48.5 Å². The quantitative estimate of drug-likeness (QED) is 0.677. The van der Waals surface area contributed by atoms with E-state index >= 15 is 0 Å². The summed E-state index contributed by atoms with van der Waals surface area (Å²) in [5.74, 6) is 0.884. The van der Waals surface area contributed by atoms with Crippen molar-refractivity contribution in [3.63, 3.8) is 0 Å². The van der Waals surface area contributed by atoms with Gasteiger partial charge in [-0.2, -0.15) is 0 Å². The second-order valence-corrected chi connectivity index (χ2v) is 7.90. The minimum atomic E-state index is -0.322. The monoisotopic (exact) mass is 445 g/mol. The molecular weight excluding hydrogens is 418 g/mol. The van der Waals surface area contributed by atoms with E-state index in [4.69, 9.17) is 21.1 Å². The average Bonchev–Trinajstić information content (AvgIpc) is 2.79. The van der Waals surface area contributed by atoms with Crippen LogP contribution in [0.25, 0.3) is 0 Å². The molecule has 8 heteroatoms. The van der Waals surface area contributed by atoms with Gasteiger partial charge >= 0.3 is 6.03 Å². The molecule has 0 bridgehead atoms. The summed E-state index contributed by atoms with van der Waals surface area (Å²) in [6, 6.07) is 14.2. The van der Waals surface area contributed by atoms with Crippen LogP contribution >= 0.6 is 11.6 Å². The van der Waals surface area contributed by atoms with Crippen molar-refractivity contribution in [1.29, 1.82) is 0 Å². The molecule has 7 nitrogen and oxygen atoms in total. The molecule has 1 heterocycles. The lowest BCUT2D eigenvalue weighted by atomic mass is 9.85. The standard InChI is InChI=1S/C23H28ClN3O4/c1-30-14-12-22(28)27-13-11-20(16-3-9-19(31-2)10-4-16)21(15-27)26-23(29)25-18-7-5-17(24)6-8-18/h3-10,20-21H,11-15H2,1-2H3,(H2,25,26,29). The number of halogens is 1. The van der Waals surface area contributed by atoms with Crippen LogP contribution in [0.2, 0.25) is 5.02 Å². The van der Waals surface area contributed by atoms with Gasteiger partial charge < -0.3 is 25.0 Å². The number of ether oxygens (including phenoxy) is 2. The van der Waals surface area contributed by atoms with Crippen molar-refractivity contribution in [3.8, 4) is 5.75 Å². The van der Waals surface area contributed by atoms with Crippen molar-refractivity contribution in [3.05, 3.63) is 59.1 Å². The highest BCUT2D eigenvalue weighted by Gasteiger charge is 2.33. The third-order valence-corrected chi connectivity index (χ3v) is 5.70. The van der Waals surface area contributed by atoms with Crippen molar-refractivity contribution in [2.75, 3.05) is 39.2 Å². The van der Waals surface area contributed by atoms with Gasteiger partial charge in [0.15, 0.2) is 0 Å². The predicted molar refractivity (Wildman–Crippen MR) is 121 cm³/mol. The summed E-state index contributed by atoms with van der Waals surface area (Å²) < 4.78 is 10.3. The molecular formula is C23H28ClN3O4. The molecule has 166 valence electrons. The van der Waals surface area contributed by atoms with Gasteiger partial charge in [-0.05, 0) is 48.4 Å². The molecule has 0 radical (unpaired) electrons. The van der Waals surface area contributed by atoms with Gasteiger partial charge in [-0.1, -0.05) is 23.7 Å². The SMILES string of the molecule is COCCC(=O)N1CCC(c2ccc(OC)cc2)C(NC(=O)Nc2ccc(Cl)cc2)C1. The Morgan fingerprint density at radius 2 is 1.81 bits per heavy atom. The van der Waals surface area contributed by atoms with Crippen LogP contribution in [0, 0.1) is 0 Å². The van der Waals surface area contributed by atoms with E-state index in [2.05, 4.69) is 10.6 Å². The van der Waals surface area contributed by atoms with Crippen LogP contribution in [0.3, 0.4) is 0 Å². The highest BCUT2D eigenvalue weighted by Crippen LogP contribution is 2.30. The maximum Gasteiger partial charge on any atom is 0.319 e. The van der Waals surface area contributed by atoms with Gasteiger partial charge in [-0.3, -0.25) is 4.79 Å². The maximum absolute atomic E-state index is 12.7. The number of likely N-dealkylation sites (tertiary alicyclic amines) is 1. The molecule has 0 aromatic heterocycles. The lowest BCUT2D eigenvalue weighted by Gasteiger charge is -2.39. The summed E-state index contributed by atoms with van der Waals surface area (Å²) in [7, 11) is 3.21. The molecule has 1 fully saturated rings. The van der Waals surface area contributed by atoms with Gasteiger partial charge in [0.2, 0.25) is 5.91 Å².